The van der Waals surface area contributed by atoms with E-state index in [2.05, 4.69) is 400 Å². The van der Waals surface area contributed by atoms with E-state index in [-0.39, 0.29) is 0 Å². The standard InChI is InChI=1S/C61H37N3S.C55H33N3S2/c1-3-14-40(15-4-1)54-37-55(41-16-5-2-6-17-41)64-61(63-54)45-19-13-18-44(34-45)59-60-58(52-24-11-12-25-57(52)65-60)51-33-31-43(36-56(51)62-59)39-28-26-38(27-29-39)42-30-32-50-48-22-8-7-20-46(48)47-21-9-10-23-49(47)53(50)35-42;1-3-14-34(15-4-1)46-33-47(35-16-5-2-6-17-35)58-55(57-46)40-21-12-20-39(31-40)52-54-51(45-23-8-10-27-50(45)60-54)44-29-28-37(32-48(44)56-52)36-18-11-19-38(30-36)41-24-13-25-43-42-22-7-9-26-49(42)59-53(41)43/h1-37H;1-33H. The fourth-order valence-corrected chi connectivity index (χ4v) is 22.0. The van der Waals surface area contributed by atoms with E-state index in [1.54, 1.807) is 11.3 Å². The summed E-state index contributed by atoms with van der Waals surface area (Å²) < 4.78 is 7.48. The fraction of sp³-hybridized carbons (Fsp3) is 0. The molecular formula is C116H70N6S3. The van der Waals surface area contributed by atoms with Crippen LogP contribution in [0.1, 0.15) is 0 Å². The Hall–Kier alpha value is -15.6. The van der Waals surface area contributed by atoms with E-state index in [1.807, 2.05) is 46.9 Å². The molecule has 25 rings (SSSR count). The van der Waals surface area contributed by atoms with Crippen molar-refractivity contribution in [3.63, 3.8) is 0 Å². The molecule has 0 amide bonds. The number of hydrogen-bond donors (Lipinski definition) is 0. The number of nitrogens with zero attached hydrogens (tertiary/aromatic N) is 6. The van der Waals surface area contributed by atoms with Crippen LogP contribution in [-0.4, -0.2) is 29.9 Å². The van der Waals surface area contributed by atoms with Gasteiger partial charge < -0.3 is 0 Å². The average Bonchev–Trinajstić information content (AvgIpc) is 1.18. The number of fused-ring (bicyclic) bond motifs is 19. The first kappa shape index (κ1) is 73.3. The van der Waals surface area contributed by atoms with Gasteiger partial charge in [0.15, 0.2) is 11.6 Å². The molecule has 0 atom stereocenters. The maximum absolute atomic E-state index is 5.54. The molecule has 0 unspecified atom stereocenters. The molecule has 0 saturated heterocycles. The smallest absolute Gasteiger partial charge is 0.160 e. The Morgan fingerprint density at radius 2 is 0.448 bits per heavy atom. The zero-order valence-electron chi connectivity index (χ0n) is 67.3. The molecule has 0 aliphatic heterocycles. The fourth-order valence-electron chi connectivity index (χ4n) is 18.3. The summed E-state index contributed by atoms with van der Waals surface area (Å²) in [5.74, 6) is 1.36. The monoisotopic (exact) mass is 1640 g/mol. The summed E-state index contributed by atoms with van der Waals surface area (Å²) in [6.07, 6.45) is 0. The van der Waals surface area contributed by atoms with Crippen molar-refractivity contribution >= 4 is 149 Å². The van der Waals surface area contributed by atoms with Gasteiger partial charge in [-0.25, -0.2) is 29.9 Å². The molecule has 7 aromatic heterocycles. The van der Waals surface area contributed by atoms with E-state index in [4.69, 9.17) is 29.9 Å². The summed E-state index contributed by atoms with van der Waals surface area (Å²) in [5, 5.41) is 17.6. The van der Waals surface area contributed by atoms with E-state index in [0.29, 0.717) is 11.6 Å². The van der Waals surface area contributed by atoms with E-state index in [0.717, 1.165) is 123 Å². The van der Waals surface area contributed by atoms with Crippen LogP contribution in [0.3, 0.4) is 0 Å². The van der Waals surface area contributed by atoms with Gasteiger partial charge in [-0.3, -0.25) is 0 Å². The van der Waals surface area contributed by atoms with Crippen molar-refractivity contribution in [2.45, 2.75) is 0 Å². The van der Waals surface area contributed by atoms with Crippen molar-refractivity contribution in [2.75, 3.05) is 0 Å². The predicted octanol–water partition coefficient (Wildman–Crippen LogP) is 32.6. The molecule has 6 nitrogen and oxygen atoms in total. The number of benzene rings is 18. The van der Waals surface area contributed by atoms with Gasteiger partial charge in [0.05, 0.1) is 54.6 Å². The van der Waals surface area contributed by atoms with Crippen LogP contribution in [0.5, 0.6) is 0 Å². The Balaban J connectivity index is 0.000000141. The molecular weight excluding hydrogens is 1570 g/mol. The van der Waals surface area contributed by atoms with Crippen LogP contribution < -0.4 is 0 Å². The highest BCUT2D eigenvalue weighted by molar-refractivity contribution is 7.27. The zero-order chi connectivity index (χ0) is 82.4. The molecule has 9 heteroatoms. The van der Waals surface area contributed by atoms with Gasteiger partial charge in [-0.1, -0.05) is 358 Å². The minimum atomic E-state index is 0.677. The summed E-state index contributed by atoms with van der Waals surface area (Å²) in [7, 11) is 0. The highest BCUT2D eigenvalue weighted by atomic mass is 32.1. The third-order valence-electron chi connectivity index (χ3n) is 24.3. The minimum Gasteiger partial charge on any atom is -0.246 e. The molecule has 25 aromatic rings. The molecule has 582 valence electrons. The normalized spacial score (nSPS) is 11.7. The van der Waals surface area contributed by atoms with Gasteiger partial charge in [-0.05, 0) is 144 Å². The third-order valence-corrected chi connectivity index (χ3v) is 27.9. The van der Waals surface area contributed by atoms with Gasteiger partial charge in [0.25, 0.3) is 0 Å². The lowest BCUT2D eigenvalue weighted by Gasteiger charge is -2.13. The largest absolute Gasteiger partial charge is 0.246 e. The third kappa shape index (κ3) is 13.2. The molecule has 0 aliphatic rings. The summed E-state index contributed by atoms with van der Waals surface area (Å²) in [4.78, 5) is 31.7. The van der Waals surface area contributed by atoms with Crippen LogP contribution in [0.2, 0.25) is 0 Å². The van der Waals surface area contributed by atoms with Gasteiger partial charge in [-0.2, -0.15) is 0 Å². The molecule has 0 fully saturated rings. The lowest BCUT2D eigenvalue weighted by Crippen LogP contribution is -1.96. The lowest BCUT2D eigenvalue weighted by molar-refractivity contribution is 1.18. The van der Waals surface area contributed by atoms with E-state index in [9.17, 15) is 0 Å². The molecule has 0 aliphatic carbocycles. The highest BCUT2D eigenvalue weighted by Crippen LogP contribution is 2.49. The van der Waals surface area contributed by atoms with Gasteiger partial charge in [0.1, 0.15) is 0 Å². The van der Waals surface area contributed by atoms with E-state index >= 15 is 0 Å². The topological polar surface area (TPSA) is 77.3 Å². The van der Waals surface area contributed by atoms with E-state index < -0.39 is 0 Å². The lowest BCUT2D eigenvalue weighted by atomic mass is 9.91. The Morgan fingerprint density at radius 1 is 0.152 bits per heavy atom. The van der Waals surface area contributed by atoms with Crippen molar-refractivity contribution in [1.29, 1.82) is 0 Å². The second-order valence-electron chi connectivity index (χ2n) is 31.8. The number of hydrogen-bond acceptors (Lipinski definition) is 9. The SMILES string of the molecule is c1ccc(-c2cc(-c3ccccc3)nc(-c3cccc(-c4nc5cc(-c6ccc(-c7ccc8c9ccccc9c9ccccc9c8c7)cc6)ccc5c5c4sc4ccccc45)c3)n2)cc1.c1ccc(-c2cc(-c3ccccc3)nc(-c3cccc(-c4nc5cc(-c6cccc(-c7cccc8c7sc7ccccc78)c6)ccc5c5c4sc4ccccc45)c3)n2)cc1. The molecule has 0 saturated carbocycles. The molecule has 0 radical (unpaired) electrons. The van der Waals surface area contributed by atoms with Crippen LogP contribution in [0.4, 0.5) is 0 Å². The predicted molar refractivity (Wildman–Crippen MR) is 531 cm³/mol. The molecule has 0 N–H and O–H groups in total. The van der Waals surface area contributed by atoms with Gasteiger partial charge in [0.2, 0.25) is 0 Å². The minimum absolute atomic E-state index is 0.677. The van der Waals surface area contributed by atoms with Gasteiger partial charge in [-0.15, -0.1) is 34.0 Å². The first-order chi connectivity index (χ1) is 61.9. The number of thiophene rings is 3. The number of aromatic nitrogens is 6. The van der Waals surface area contributed by atoms with Crippen molar-refractivity contribution in [3.05, 3.63) is 425 Å². The van der Waals surface area contributed by atoms with E-state index in [1.165, 1.54) is 115 Å². The summed E-state index contributed by atoms with van der Waals surface area (Å²) in [5.41, 5.74) is 25.0. The average molecular weight is 1640 g/mol. The Kier molecular flexibility index (Phi) is 18.1. The van der Waals surface area contributed by atoms with Crippen LogP contribution in [0, 0.1) is 0 Å². The quantitative estimate of drug-likeness (QED) is 0.113. The molecule has 0 spiro atoms. The zero-order valence-corrected chi connectivity index (χ0v) is 69.8. The number of pyridine rings is 2. The van der Waals surface area contributed by atoms with Gasteiger partial charge in [0, 0.05) is 106 Å². The van der Waals surface area contributed by atoms with Crippen LogP contribution >= 0.6 is 34.0 Å². The molecule has 0 bridgehead atoms. The second kappa shape index (κ2) is 30.8. The Labute approximate surface area is 732 Å². The Bertz CT molecular complexity index is 8450. The Morgan fingerprint density at radius 3 is 0.904 bits per heavy atom. The van der Waals surface area contributed by atoms with Crippen LogP contribution in [-0.2, 0) is 0 Å². The summed E-state index contributed by atoms with van der Waals surface area (Å²) in [6, 6.07) is 152. The molecule has 7 heterocycles. The second-order valence-corrected chi connectivity index (χ2v) is 35.0. The summed E-state index contributed by atoms with van der Waals surface area (Å²) >= 11 is 5.49. The van der Waals surface area contributed by atoms with Crippen molar-refractivity contribution in [1.82, 2.24) is 29.9 Å². The van der Waals surface area contributed by atoms with Crippen LogP contribution in [0.25, 0.3) is 249 Å². The molecule has 125 heavy (non-hydrogen) atoms. The van der Waals surface area contributed by atoms with Crippen molar-refractivity contribution in [2.24, 2.45) is 0 Å². The molecule has 18 aromatic carbocycles. The maximum Gasteiger partial charge on any atom is 0.160 e. The maximum atomic E-state index is 5.54. The van der Waals surface area contributed by atoms with Crippen molar-refractivity contribution < 1.29 is 0 Å². The van der Waals surface area contributed by atoms with Gasteiger partial charge >= 0.3 is 0 Å². The van der Waals surface area contributed by atoms with Crippen LogP contribution in [0.15, 0.2) is 425 Å². The first-order valence-corrected chi connectivity index (χ1v) is 44.5. The first-order valence-electron chi connectivity index (χ1n) is 42.1. The number of rotatable bonds is 12. The van der Waals surface area contributed by atoms with Crippen molar-refractivity contribution in [3.8, 4) is 135 Å². The highest BCUT2D eigenvalue weighted by Gasteiger charge is 2.23. The summed E-state index contributed by atoms with van der Waals surface area (Å²) in [6.45, 7) is 0.